The molecule has 3 N–H and O–H groups in total. The summed E-state index contributed by atoms with van der Waals surface area (Å²) in [5, 5.41) is 1.10. The molecule has 1 aromatic heterocycles. The number of hydrogen-bond acceptors (Lipinski definition) is 3. The average Bonchev–Trinajstić information content (AvgIpc) is 2.88. The summed E-state index contributed by atoms with van der Waals surface area (Å²) in [6.07, 6.45) is 3.05. The predicted molar refractivity (Wildman–Crippen MR) is 80.6 cm³/mol. The fourth-order valence-electron chi connectivity index (χ4n) is 2.87. The number of rotatable bonds is 4. The van der Waals surface area contributed by atoms with Crippen molar-refractivity contribution >= 4 is 16.6 Å². The molecule has 0 radical (unpaired) electrons. The summed E-state index contributed by atoms with van der Waals surface area (Å²) in [4.78, 5) is 7.99. The number of benzene rings is 1. The Hall–Kier alpha value is -1.59. The Kier molecular flexibility index (Phi) is 3.89. The number of halogens is 1. The molecule has 1 aliphatic rings. The Balaban J connectivity index is 1.70. The second-order valence-electron chi connectivity index (χ2n) is 5.33. The lowest BCUT2D eigenvalue weighted by Gasteiger charge is -2.35. The monoisotopic (exact) mass is 276 g/mol. The molecule has 2 aromatic rings. The molecule has 3 rings (SSSR count). The molecule has 0 aliphatic carbocycles. The first-order valence-electron chi connectivity index (χ1n) is 7.22. The maximum Gasteiger partial charge on any atom is 0.125 e. The van der Waals surface area contributed by atoms with E-state index in [1.807, 2.05) is 12.3 Å². The summed E-state index contributed by atoms with van der Waals surface area (Å²) in [6, 6.07) is 4.94. The van der Waals surface area contributed by atoms with Crippen LogP contribution in [0.1, 0.15) is 6.42 Å². The summed E-state index contributed by atoms with van der Waals surface area (Å²) in [6.45, 7) is 5.99. The zero-order chi connectivity index (χ0) is 13.9. The molecular weight excluding hydrogens is 255 g/mol. The van der Waals surface area contributed by atoms with E-state index in [9.17, 15) is 4.39 Å². The molecule has 2 heterocycles. The highest BCUT2D eigenvalue weighted by molar-refractivity contribution is 5.92. The lowest BCUT2D eigenvalue weighted by atomic mass is 10.2. The molecule has 108 valence electrons. The van der Waals surface area contributed by atoms with Gasteiger partial charge in [-0.05, 0) is 37.7 Å². The first kappa shape index (κ1) is 13.4. The minimum Gasteiger partial charge on any atom is -0.367 e. The van der Waals surface area contributed by atoms with E-state index in [0.29, 0.717) is 0 Å². The number of aromatic amines is 1. The number of fused-ring (bicyclic) bond motifs is 1. The summed E-state index contributed by atoms with van der Waals surface area (Å²) >= 11 is 0. The van der Waals surface area contributed by atoms with E-state index >= 15 is 0 Å². The third-order valence-electron chi connectivity index (χ3n) is 4.01. The van der Waals surface area contributed by atoms with Gasteiger partial charge in [0.1, 0.15) is 5.82 Å². The number of hydrogen-bond donors (Lipinski definition) is 2. The first-order valence-corrected chi connectivity index (χ1v) is 7.22. The summed E-state index contributed by atoms with van der Waals surface area (Å²) < 4.78 is 13.2. The fraction of sp³-hybridized carbons (Fsp3) is 0.467. The maximum absolute atomic E-state index is 13.2. The zero-order valence-electron chi connectivity index (χ0n) is 11.6. The Morgan fingerprint density at radius 2 is 2.00 bits per heavy atom. The van der Waals surface area contributed by atoms with Gasteiger partial charge in [0.15, 0.2) is 0 Å². The smallest absolute Gasteiger partial charge is 0.125 e. The molecule has 1 aromatic carbocycles. The van der Waals surface area contributed by atoms with Gasteiger partial charge in [0, 0.05) is 37.8 Å². The molecule has 1 fully saturated rings. The summed E-state index contributed by atoms with van der Waals surface area (Å²) in [7, 11) is 0. The molecule has 0 bridgehead atoms. The Labute approximate surface area is 118 Å². The van der Waals surface area contributed by atoms with Crippen molar-refractivity contribution < 1.29 is 4.39 Å². The van der Waals surface area contributed by atoms with Crippen molar-refractivity contribution in [1.82, 2.24) is 9.88 Å². The third-order valence-corrected chi connectivity index (χ3v) is 4.01. The van der Waals surface area contributed by atoms with Gasteiger partial charge in [-0.3, -0.25) is 4.90 Å². The average molecular weight is 276 g/mol. The van der Waals surface area contributed by atoms with Gasteiger partial charge in [0.05, 0.1) is 11.2 Å². The van der Waals surface area contributed by atoms with Crippen LogP contribution in [0, 0.1) is 5.82 Å². The van der Waals surface area contributed by atoms with E-state index in [1.54, 1.807) is 6.07 Å². The molecule has 0 atom stereocenters. The quantitative estimate of drug-likeness (QED) is 0.895. The molecule has 0 unspecified atom stereocenters. The number of anilines is 1. The highest BCUT2D eigenvalue weighted by Gasteiger charge is 2.19. The zero-order valence-corrected chi connectivity index (χ0v) is 11.6. The lowest BCUT2D eigenvalue weighted by Crippen LogP contribution is -2.46. The van der Waals surface area contributed by atoms with Crippen molar-refractivity contribution in [2.75, 3.05) is 44.2 Å². The van der Waals surface area contributed by atoms with Crippen LogP contribution in [0.5, 0.6) is 0 Å². The van der Waals surface area contributed by atoms with Crippen molar-refractivity contribution in [3.63, 3.8) is 0 Å². The SMILES string of the molecule is NCCCN1CCN(c2c[nH]c3cc(F)ccc23)CC1. The number of piperazine rings is 1. The molecular formula is C15H21FN4. The van der Waals surface area contributed by atoms with E-state index in [1.165, 1.54) is 11.8 Å². The van der Waals surface area contributed by atoms with E-state index in [-0.39, 0.29) is 5.82 Å². The summed E-state index contributed by atoms with van der Waals surface area (Å²) in [5.74, 6) is -0.197. The van der Waals surface area contributed by atoms with Gasteiger partial charge < -0.3 is 15.6 Å². The molecule has 20 heavy (non-hydrogen) atoms. The summed E-state index contributed by atoms with van der Waals surface area (Å²) in [5.41, 5.74) is 7.60. The van der Waals surface area contributed by atoms with Crippen LogP contribution in [-0.4, -0.2) is 49.2 Å². The molecule has 0 saturated carbocycles. The fourth-order valence-corrected chi connectivity index (χ4v) is 2.87. The molecule has 1 aliphatic heterocycles. The second-order valence-corrected chi connectivity index (χ2v) is 5.33. The number of nitrogens with two attached hydrogens (primary N) is 1. The second kappa shape index (κ2) is 5.81. The Morgan fingerprint density at radius 3 is 2.75 bits per heavy atom. The predicted octanol–water partition coefficient (Wildman–Crippen LogP) is 1.78. The van der Waals surface area contributed by atoms with E-state index in [2.05, 4.69) is 14.8 Å². The molecule has 1 saturated heterocycles. The highest BCUT2D eigenvalue weighted by Crippen LogP contribution is 2.28. The topological polar surface area (TPSA) is 48.3 Å². The van der Waals surface area contributed by atoms with E-state index < -0.39 is 0 Å². The number of aromatic nitrogens is 1. The van der Waals surface area contributed by atoms with Gasteiger partial charge in [-0.15, -0.1) is 0 Å². The molecule has 5 heteroatoms. The maximum atomic E-state index is 13.2. The van der Waals surface area contributed by atoms with Gasteiger partial charge in [-0.25, -0.2) is 4.39 Å². The van der Waals surface area contributed by atoms with Gasteiger partial charge >= 0.3 is 0 Å². The van der Waals surface area contributed by atoms with Gasteiger partial charge in [-0.1, -0.05) is 0 Å². The molecule has 0 spiro atoms. The third kappa shape index (κ3) is 2.64. The van der Waals surface area contributed by atoms with Gasteiger partial charge in [-0.2, -0.15) is 0 Å². The van der Waals surface area contributed by atoms with Crippen molar-refractivity contribution in [3.8, 4) is 0 Å². The molecule has 0 amide bonds. The van der Waals surface area contributed by atoms with Gasteiger partial charge in [0.25, 0.3) is 0 Å². The van der Waals surface area contributed by atoms with Crippen LogP contribution in [0.25, 0.3) is 10.9 Å². The minimum absolute atomic E-state index is 0.197. The molecule has 4 nitrogen and oxygen atoms in total. The Morgan fingerprint density at radius 1 is 1.20 bits per heavy atom. The largest absolute Gasteiger partial charge is 0.367 e. The van der Waals surface area contributed by atoms with Gasteiger partial charge in [0.2, 0.25) is 0 Å². The van der Waals surface area contributed by atoms with Crippen LogP contribution >= 0.6 is 0 Å². The highest BCUT2D eigenvalue weighted by atomic mass is 19.1. The van der Waals surface area contributed by atoms with Crippen molar-refractivity contribution in [1.29, 1.82) is 0 Å². The minimum atomic E-state index is -0.197. The Bertz CT molecular complexity index is 572. The number of nitrogens with zero attached hydrogens (tertiary/aromatic N) is 2. The van der Waals surface area contributed by atoms with Crippen molar-refractivity contribution in [2.24, 2.45) is 5.73 Å². The van der Waals surface area contributed by atoms with Crippen LogP contribution in [0.3, 0.4) is 0 Å². The number of nitrogens with one attached hydrogen (secondary N) is 1. The number of H-pyrrole nitrogens is 1. The van der Waals surface area contributed by atoms with E-state index in [4.69, 9.17) is 5.73 Å². The standard InChI is InChI=1S/C15H21FN4/c16-12-2-3-13-14(10-12)18-11-15(13)20-8-6-19(7-9-20)5-1-4-17/h2-3,10-11,18H,1,4-9,17H2. The first-order chi connectivity index (χ1) is 9.78. The van der Waals surface area contributed by atoms with Crippen LogP contribution < -0.4 is 10.6 Å². The van der Waals surface area contributed by atoms with Crippen molar-refractivity contribution in [2.45, 2.75) is 6.42 Å². The lowest BCUT2D eigenvalue weighted by molar-refractivity contribution is 0.256. The van der Waals surface area contributed by atoms with Crippen LogP contribution in [0.4, 0.5) is 10.1 Å². The van der Waals surface area contributed by atoms with Crippen LogP contribution in [0.15, 0.2) is 24.4 Å². The van der Waals surface area contributed by atoms with Crippen LogP contribution in [-0.2, 0) is 0 Å². The van der Waals surface area contributed by atoms with E-state index in [0.717, 1.165) is 56.6 Å². The van der Waals surface area contributed by atoms with Crippen molar-refractivity contribution in [3.05, 3.63) is 30.2 Å². The normalized spacial score (nSPS) is 17.0. The van der Waals surface area contributed by atoms with Crippen LogP contribution in [0.2, 0.25) is 0 Å².